The van der Waals surface area contributed by atoms with Gasteiger partial charge in [0.1, 0.15) is 0 Å². The minimum atomic E-state index is 1.26. The van der Waals surface area contributed by atoms with Crippen molar-refractivity contribution in [1.29, 1.82) is 0 Å². The van der Waals surface area contributed by atoms with Crippen LogP contribution in [0.3, 0.4) is 0 Å². The molecule has 3 heteroatoms. The minimum Gasteiger partial charge on any atom is -0.133 e. The Balaban J connectivity index is 1.35. The zero-order valence-corrected chi connectivity index (χ0v) is 21.2. The molecule has 0 aliphatic heterocycles. The third-order valence-corrected chi connectivity index (χ3v) is 10.2. The molecule has 0 N–H and O–H groups in total. The van der Waals surface area contributed by atoms with E-state index in [1.807, 2.05) is 34.0 Å². The Hall–Kier alpha value is -3.50. The first-order chi connectivity index (χ1) is 17.3. The molecule has 0 aliphatic carbocycles. The van der Waals surface area contributed by atoms with Crippen LogP contribution in [0, 0.1) is 0 Å². The zero-order valence-electron chi connectivity index (χ0n) is 18.8. The molecule has 3 heterocycles. The molecule has 166 valence electrons. The van der Waals surface area contributed by atoms with Crippen LogP contribution < -0.4 is 0 Å². The summed E-state index contributed by atoms with van der Waals surface area (Å²) in [5, 5.41) is 0. The average molecular weight is 501 g/mol. The lowest BCUT2D eigenvalue weighted by atomic mass is 9.99. The second-order valence-electron chi connectivity index (χ2n) is 8.53. The van der Waals surface area contributed by atoms with Crippen LogP contribution in [-0.4, -0.2) is 0 Å². The van der Waals surface area contributed by atoms with Crippen molar-refractivity contribution in [2.45, 2.75) is 0 Å². The van der Waals surface area contributed by atoms with Gasteiger partial charge in [0.25, 0.3) is 0 Å². The number of rotatable bonds is 4. The highest BCUT2D eigenvalue weighted by atomic mass is 32.1. The summed E-state index contributed by atoms with van der Waals surface area (Å²) in [6.45, 7) is 0. The average Bonchev–Trinajstić information content (AvgIpc) is 3.61. The highest BCUT2D eigenvalue weighted by Gasteiger charge is 2.17. The lowest BCUT2D eigenvalue weighted by Gasteiger charge is -2.08. The quantitative estimate of drug-likeness (QED) is 0.225. The number of hydrogen-bond donors (Lipinski definition) is 0. The van der Waals surface area contributed by atoms with Crippen LogP contribution in [0.2, 0.25) is 0 Å². The van der Waals surface area contributed by atoms with Crippen LogP contribution in [-0.2, 0) is 0 Å². The summed E-state index contributed by atoms with van der Waals surface area (Å²) in [4.78, 5) is 2.68. The van der Waals surface area contributed by atoms with E-state index in [4.69, 9.17) is 0 Å². The number of thiophene rings is 3. The van der Waals surface area contributed by atoms with E-state index in [2.05, 4.69) is 121 Å². The summed E-state index contributed by atoms with van der Waals surface area (Å²) >= 11 is 5.77. The van der Waals surface area contributed by atoms with Gasteiger partial charge in [-0.1, -0.05) is 109 Å². The molecule has 0 nitrogen and oxygen atoms in total. The Bertz CT molecular complexity index is 1650. The second-order valence-corrected chi connectivity index (χ2v) is 11.7. The van der Waals surface area contributed by atoms with Gasteiger partial charge in [-0.05, 0) is 45.5 Å². The van der Waals surface area contributed by atoms with Gasteiger partial charge in [-0.25, -0.2) is 0 Å². The summed E-state index contributed by atoms with van der Waals surface area (Å²) in [6, 6.07) is 43.7. The topological polar surface area (TPSA) is 0 Å². The molecule has 0 radical (unpaired) electrons. The van der Waals surface area contributed by atoms with Gasteiger partial charge in [-0.15, -0.1) is 34.0 Å². The van der Waals surface area contributed by atoms with Gasteiger partial charge in [0.15, 0.2) is 0 Å². The monoisotopic (exact) mass is 500 g/mol. The van der Waals surface area contributed by atoms with E-state index in [9.17, 15) is 0 Å². The van der Waals surface area contributed by atoms with Crippen molar-refractivity contribution in [2.24, 2.45) is 0 Å². The molecule has 7 rings (SSSR count). The summed E-state index contributed by atoms with van der Waals surface area (Å²) in [6.07, 6.45) is 0. The summed E-state index contributed by atoms with van der Waals surface area (Å²) in [5.74, 6) is 0. The molecule has 0 spiro atoms. The molecule has 0 saturated carbocycles. The maximum absolute atomic E-state index is 2.39. The predicted octanol–water partition coefficient (Wildman–Crippen LogP) is 10.8. The zero-order chi connectivity index (χ0) is 23.2. The molecule has 0 amide bonds. The Morgan fingerprint density at radius 1 is 0.343 bits per heavy atom. The summed E-state index contributed by atoms with van der Waals surface area (Å²) in [5.41, 5.74) is 7.74. The van der Waals surface area contributed by atoms with E-state index in [0.717, 1.165) is 0 Å². The van der Waals surface area contributed by atoms with Crippen LogP contribution in [0.1, 0.15) is 0 Å². The van der Waals surface area contributed by atoms with Crippen LogP contribution in [0.15, 0.2) is 121 Å². The lowest BCUT2D eigenvalue weighted by Crippen LogP contribution is -1.81. The van der Waals surface area contributed by atoms with Crippen LogP contribution in [0.5, 0.6) is 0 Å². The maximum Gasteiger partial charge on any atom is 0.0636 e. The Kier molecular flexibility index (Phi) is 5.13. The van der Waals surface area contributed by atoms with Crippen molar-refractivity contribution in [3.8, 4) is 43.1 Å². The van der Waals surface area contributed by atoms with Crippen LogP contribution in [0.25, 0.3) is 61.9 Å². The van der Waals surface area contributed by atoms with Gasteiger partial charge < -0.3 is 0 Å². The largest absolute Gasteiger partial charge is 0.133 e. The molecule has 3 aromatic heterocycles. The van der Waals surface area contributed by atoms with Crippen molar-refractivity contribution in [1.82, 2.24) is 0 Å². The van der Waals surface area contributed by atoms with Gasteiger partial charge >= 0.3 is 0 Å². The first-order valence-corrected chi connectivity index (χ1v) is 14.1. The molecule has 0 unspecified atom stereocenters. The van der Waals surface area contributed by atoms with E-state index >= 15 is 0 Å². The van der Waals surface area contributed by atoms with E-state index in [1.165, 1.54) is 61.9 Å². The van der Waals surface area contributed by atoms with E-state index < -0.39 is 0 Å². The highest BCUT2D eigenvalue weighted by molar-refractivity contribution is 7.40. The van der Waals surface area contributed by atoms with Crippen LogP contribution >= 0.6 is 34.0 Å². The molecule has 4 aromatic carbocycles. The number of benzene rings is 4. The van der Waals surface area contributed by atoms with Gasteiger partial charge in [0.2, 0.25) is 0 Å². The summed E-state index contributed by atoms with van der Waals surface area (Å²) < 4.78 is 5.60. The Morgan fingerprint density at radius 3 is 1.14 bits per heavy atom. The standard InChI is InChI=1S/C32H20S3/c1-3-11-21(12-4-1)23-15-7-9-17-25(23)27-19-29-31(34-27)32-30(33-29)20-28(35-32)26-18-10-8-16-24(26)22-13-5-2-6-14-22/h1-20H. The predicted molar refractivity (Wildman–Crippen MR) is 157 cm³/mol. The van der Waals surface area contributed by atoms with Gasteiger partial charge in [0.05, 0.1) is 9.40 Å². The third kappa shape index (κ3) is 3.64. The highest BCUT2D eigenvalue weighted by Crippen LogP contribution is 2.50. The van der Waals surface area contributed by atoms with E-state index in [0.29, 0.717) is 0 Å². The van der Waals surface area contributed by atoms with Crippen molar-refractivity contribution in [2.75, 3.05) is 0 Å². The molecule has 7 aromatic rings. The van der Waals surface area contributed by atoms with Crippen molar-refractivity contribution in [3.63, 3.8) is 0 Å². The molecule has 0 saturated heterocycles. The molecule has 0 aliphatic rings. The lowest BCUT2D eigenvalue weighted by molar-refractivity contribution is 1.62. The Morgan fingerprint density at radius 2 is 0.714 bits per heavy atom. The SMILES string of the molecule is c1ccc(-c2ccccc2-c2cc3sc4cc(-c5ccccc5-c5ccccc5)sc4c3s2)cc1. The first kappa shape index (κ1) is 20.8. The van der Waals surface area contributed by atoms with Crippen molar-refractivity contribution in [3.05, 3.63) is 121 Å². The number of hydrogen-bond acceptors (Lipinski definition) is 3. The first-order valence-electron chi connectivity index (χ1n) is 11.6. The van der Waals surface area contributed by atoms with Crippen molar-refractivity contribution >= 4 is 52.8 Å². The fourth-order valence-electron chi connectivity index (χ4n) is 4.74. The molecule has 0 atom stereocenters. The normalized spacial score (nSPS) is 11.4. The molecular formula is C32H20S3. The molecule has 35 heavy (non-hydrogen) atoms. The van der Waals surface area contributed by atoms with Gasteiger partial charge in [0, 0.05) is 19.2 Å². The smallest absolute Gasteiger partial charge is 0.0636 e. The third-order valence-electron chi connectivity index (χ3n) is 6.38. The van der Waals surface area contributed by atoms with Crippen molar-refractivity contribution < 1.29 is 0 Å². The number of fused-ring (bicyclic) bond motifs is 3. The molecule has 0 bridgehead atoms. The van der Waals surface area contributed by atoms with E-state index in [1.54, 1.807) is 0 Å². The van der Waals surface area contributed by atoms with Gasteiger partial charge in [-0.3, -0.25) is 0 Å². The fourth-order valence-corrected chi connectivity index (χ4v) is 8.84. The summed E-state index contributed by atoms with van der Waals surface area (Å²) in [7, 11) is 0. The minimum absolute atomic E-state index is 1.26. The molecule has 0 fully saturated rings. The maximum atomic E-state index is 2.39. The van der Waals surface area contributed by atoms with E-state index in [-0.39, 0.29) is 0 Å². The fraction of sp³-hybridized carbons (Fsp3) is 0. The molecular weight excluding hydrogens is 481 g/mol. The van der Waals surface area contributed by atoms with Gasteiger partial charge in [-0.2, -0.15) is 0 Å². The second kappa shape index (κ2) is 8.62. The Labute approximate surface area is 216 Å². The van der Waals surface area contributed by atoms with Crippen LogP contribution in [0.4, 0.5) is 0 Å².